The molecule has 1 aliphatic rings. The molecule has 0 atom stereocenters. The molecule has 4 N–H and O–H groups in total. The summed E-state index contributed by atoms with van der Waals surface area (Å²) in [4.78, 5) is 41.2. The van der Waals surface area contributed by atoms with Gasteiger partial charge in [-0.25, -0.2) is 19.2 Å². The summed E-state index contributed by atoms with van der Waals surface area (Å²) < 4.78 is 40.2. The highest BCUT2D eigenvalue weighted by molar-refractivity contribution is 6.27. The van der Waals surface area contributed by atoms with Gasteiger partial charge in [-0.1, -0.05) is 18.6 Å². The Morgan fingerprint density at radius 3 is 1.71 bits per heavy atom. The van der Waals surface area contributed by atoms with Crippen LogP contribution in [0.5, 0.6) is 5.75 Å². The molecular weight excluding hydrogens is 481 g/mol. The highest BCUT2D eigenvalue weighted by atomic mass is 19.4. The van der Waals surface area contributed by atoms with Crippen LogP contribution < -0.4 is 4.74 Å². The number of benzene rings is 1. The topological polar surface area (TPSA) is 165 Å². The van der Waals surface area contributed by atoms with E-state index in [1.807, 2.05) is 0 Å². The molecule has 1 fully saturated rings. The van der Waals surface area contributed by atoms with Gasteiger partial charge in [0, 0.05) is 19.6 Å². The number of hydrogen-bond donors (Lipinski definition) is 4. The van der Waals surface area contributed by atoms with E-state index in [-0.39, 0.29) is 5.75 Å². The van der Waals surface area contributed by atoms with E-state index in [4.69, 9.17) is 39.6 Å². The number of halogens is 3. The number of carboxylic acid groups (broad SMARTS) is 4. The van der Waals surface area contributed by atoms with E-state index in [1.54, 1.807) is 12.1 Å². The molecule has 0 spiro atoms. The van der Waals surface area contributed by atoms with Crippen molar-refractivity contribution in [2.45, 2.75) is 32.0 Å². The van der Waals surface area contributed by atoms with E-state index in [2.05, 4.69) is 21.6 Å². The molecule has 11 nitrogen and oxygen atoms in total. The molecule has 14 heteroatoms. The molecule has 0 aromatic heterocycles. The SMILES string of the molecule is CN(CCc1ccc(OC(F)(F)F)cc1)CCN1CCCCC1.O=C(O)C(=O)O.O=C(O)C(=O)O. The van der Waals surface area contributed by atoms with E-state index in [0.717, 1.165) is 31.6 Å². The van der Waals surface area contributed by atoms with Crippen LogP contribution in [0.3, 0.4) is 0 Å². The number of nitrogens with zero attached hydrogens (tertiary/aromatic N) is 2. The number of ether oxygens (including phenoxy) is 1. The Morgan fingerprint density at radius 2 is 1.31 bits per heavy atom. The van der Waals surface area contributed by atoms with Crippen LogP contribution in [-0.4, -0.2) is 100 Å². The van der Waals surface area contributed by atoms with Gasteiger partial charge >= 0.3 is 30.2 Å². The van der Waals surface area contributed by atoms with Crippen molar-refractivity contribution in [1.82, 2.24) is 9.80 Å². The fourth-order valence-electron chi connectivity index (χ4n) is 2.78. The third kappa shape index (κ3) is 17.7. The average Bonchev–Trinajstić information content (AvgIpc) is 2.77. The van der Waals surface area contributed by atoms with Gasteiger partial charge in [0.1, 0.15) is 5.75 Å². The van der Waals surface area contributed by atoms with Gasteiger partial charge in [0.2, 0.25) is 0 Å². The molecule has 0 bridgehead atoms. The summed E-state index contributed by atoms with van der Waals surface area (Å²) in [7, 11) is 2.09. The van der Waals surface area contributed by atoms with E-state index >= 15 is 0 Å². The largest absolute Gasteiger partial charge is 0.573 e. The zero-order valence-corrected chi connectivity index (χ0v) is 19.0. The van der Waals surface area contributed by atoms with Gasteiger partial charge < -0.3 is 35.0 Å². The third-order valence-electron chi connectivity index (χ3n) is 4.55. The Hall–Kier alpha value is -3.39. The number of alkyl halides is 3. The molecule has 1 heterocycles. The number of carbonyl (C=O) groups is 4. The summed E-state index contributed by atoms with van der Waals surface area (Å²) in [5.41, 5.74) is 1.02. The second-order valence-electron chi connectivity index (χ2n) is 7.37. The van der Waals surface area contributed by atoms with Gasteiger partial charge in [-0.15, -0.1) is 13.2 Å². The average molecular weight is 510 g/mol. The van der Waals surface area contributed by atoms with Crippen molar-refractivity contribution in [3.05, 3.63) is 29.8 Å². The van der Waals surface area contributed by atoms with Crippen LogP contribution in [0.4, 0.5) is 13.2 Å². The van der Waals surface area contributed by atoms with Crippen molar-refractivity contribution in [2.24, 2.45) is 0 Å². The van der Waals surface area contributed by atoms with Crippen LogP contribution in [-0.2, 0) is 25.6 Å². The summed E-state index contributed by atoms with van der Waals surface area (Å²) in [6.07, 6.45) is 0.144. The van der Waals surface area contributed by atoms with Gasteiger partial charge in [-0.05, 0) is 57.1 Å². The number of rotatable bonds is 7. The van der Waals surface area contributed by atoms with Crippen molar-refractivity contribution < 1.29 is 57.5 Å². The van der Waals surface area contributed by atoms with Gasteiger partial charge in [0.15, 0.2) is 0 Å². The Morgan fingerprint density at radius 1 is 0.857 bits per heavy atom. The minimum Gasteiger partial charge on any atom is -0.473 e. The van der Waals surface area contributed by atoms with Crippen LogP contribution in [0, 0.1) is 0 Å². The van der Waals surface area contributed by atoms with Gasteiger partial charge in [0.05, 0.1) is 0 Å². The molecule has 0 saturated carbocycles. The fraction of sp³-hybridized carbons (Fsp3) is 0.524. The normalized spacial score (nSPS) is 13.5. The van der Waals surface area contributed by atoms with Crippen molar-refractivity contribution in [1.29, 1.82) is 0 Å². The molecule has 0 aliphatic carbocycles. The summed E-state index contributed by atoms with van der Waals surface area (Å²) in [5, 5.41) is 29.6. The first-order valence-corrected chi connectivity index (χ1v) is 10.4. The second-order valence-corrected chi connectivity index (χ2v) is 7.37. The Kier molecular flexibility index (Phi) is 14.7. The van der Waals surface area contributed by atoms with Gasteiger partial charge in [0.25, 0.3) is 0 Å². The number of likely N-dealkylation sites (N-methyl/N-ethyl adjacent to an activating group) is 1. The zero-order chi connectivity index (χ0) is 27.0. The smallest absolute Gasteiger partial charge is 0.473 e. The number of carboxylic acids is 4. The molecule has 0 unspecified atom stereocenters. The molecular formula is C21H29F3N2O9. The first kappa shape index (κ1) is 31.6. The Labute approximate surface area is 199 Å². The van der Waals surface area contributed by atoms with E-state index < -0.39 is 30.2 Å². The van der Waals surface area contributed by atoms with Gasteiger partial charge in [-0.2, -0.15) is 0 Å². The van der Waals surface area contributed by atoms with Crippen molar-refractivity contribution in [2.75, 3.05) is 39.8 Å². The van der Waals surface area contributed by atoms with Crippen molar-refractivity contribution >= 4 is 23.9 Å². The lowest BCUT2D eigenvalue weighted by molar-refractivity contribution is -0.274. The molecule has 0 radical (unpaired) electrons. The molecule has 1 aliphatic heterocycles. The number of hydrogen-bond acceptors (Lipinski definition) is 7. The maximum Gasteiger partial charge on any atom is 0.573 e. The summed E-state index contributed by atoms with van der Waals surface area (Å²) >= 11 is 0. The summed E-state index contributed by atoms with van der Waals surface area (Å²) in [5.74, 6) is -7.46. The van der Waals surface area contributed by atoms with E-state index in [0.29, 0.717) is 0 Å². The third-order valence-corrected chi connectivity index (χ3v) is 4.55. The molecule has 0 amide bonds. The monoisotopic (exact) mass is 510 g/mol. The van der Waals surface area contributed by atoms with E-state index in [1.165, 1.54) is 44.5 Å². The van der Waals surface area contributed by atoms with Crippen LogP contribution in [0.1, 0.15) is 24.8 Å². The maximum atomic E-state index is 12.1. The highest BCUT2D eigenvalue weighted by Crippen LogP contribution is 2.22. The number of aliphatic carboxylic acids is 4. The highest BCUT2D eigenvalue weighted by Gasteiger charge is 2.30. The van der Waals surface area contributed by atoms with Crippen molar-refractivity contribution in [3.8, 4) is 5.75 Å². The molecule has 1 saturated heterocycles. The number of likely N-dealkylation sites (tertiary alicyclic amines) is 1. The molecule has 1 aromatic rings. The van der Waals surface area contributed by atoms with Crippen LogP contribution in [0.2, 0.25) is 0 Å². The van der Waals surface area contributed by atoms with Crippen molar-refractivity contribution in [3.63, 3.8) is 0 Å². The second kappa shape index (κ2) is 16.3. The van der Waals surface area contributed by atoms with Crippen LogP contribution in [0.15, 0.2) is 24.3 Å². The lowest BCUT2D eigenvalue weighted by Gasteiger charge is -2.28. The maximum absolute atomic E-state index is 12.1. The lowest BCUT2D eigenvalue weighted by Crippen LogP contribution is -2.37. The minimum atomic E-state index is -4.63. The first-order chi connectivity index (χ1) is 16.2. The first-order valence-electron chi connectivity index (χ1n) is 10.4. The predicted molar refractivity (Wildman–Crippen MR) is 115 cm³/mol. The summed E-state index contributed by atoms with van der Waals surface area (Å²) in [6, 6.07) is 6.13. The molecule has 198 valence electrons. The Balaban J connectivity index is 0.000000797. The molecule has 35 heavy (non-hydrogen) atoms. The predicted octanol–water partition coefficient (Wildman–Crippen LogP) is 1.86. The summed E-state index contributed by atoms with van der Waals surface area (Å²) in [6.45, 7) is 5.42. The lowest BCUT2D eigenvalue weighted by atomic mass is 10.1. The molecule has 1 aromatic carbocycles. The molecule has 2 rings (SSSR count). The Bertz CT molecular complexity index is 763. The number of piperidine rings is 1. The van der Waals surface area contributed by atoms with E-state index in [9.17, 15) is 13.2 Å². The minimum absolute atomic E-state index is 0.167. The fourth-order valence-corrected chi connectivity index (χ4v) is 2.78. The van der Waals surface area contributed by atoms with Crippen LogP contribution in [0.25, 0.3) is 0 Å². The van der Waals surface area contributed by atoms with Crippen LogP contribution >= 0.6 is 0 Å². The standard InChI is InChI=1S/C17H25F3N2O.2C2H2O4/c1-21(13-14-22-10-3-2-4-11-22)12-9-15-5-7-16(8-6-15)23-17(18,19)20;2*3-1(4)2(5)6/h5-8H,2-4,9-14H2,1H3;2*(H,3,4)(H,5,6). The quantitative estimate of drug-likeness (QED) is 0.396. The zero-order valence-electron chi connectivity index (χ0n) is 19.0. The van der Waals surface area contributed by atoms with Gasteiger partial charge in [-0.3, -0.25) is 0 Å².